The van der Waals surface area contributed by atoms with Crippen LogP contribution in [0.3, 0.4) is 0 Å². The molecule has 0 unspecified atom stereocenters. The Morgan fingerprint density at radius 1 is 1.24 bits per heavy atom. The van der Waals surface area contributed by atoms with E-state index in [0.717, 1.165) is 3.57 Å². The van der Waals surface area contributed by atoms with E-state index in [-0.39, 0.29) is 4.90 Å². The van der Waals surface area contributed by atoms with Gasteiger partial charge in [-0.2, -0.15) is 0 Å². The minimum atomic E-state index is -3.51. The molecule has 17 heavy (non-hydrogen) atoms. The molecule has 90 valence electrons. The minimum Gasteiger partial charge on any atom is -0.231 e. The third-order valence-corrected chi connectivity index (χ3v) is 6.10. The third-order valence-electron chi connectivity index (χ3n) is 2.37. The largest absolute Gasteiger partial charge is 0.268 e. The number of hydrogen-bond donors (Lipinski definition) is 0. The summed E-state index contributed by atoms with van der Waals surface area (Å²) in [5.41, 5.74) is 0.710. The average molecular weight is 426 g/mol. The molecule has 0 atom stereocenters. The molecule has 3 nitrogen and oxygen atoms in total. The standard InChI is InChI=1S/C11H9BrINO2S/c1-8-10(13)7-11(12)14(8)17(15,16)9-5-3-2-4-6-9/h2-7H,1H3. The fraction of sp³-hybridized carbons (Fsp3) is 0.0909. The summed E-state index contributed by atoms with van der Waals surface area (Å²) in [6.45, 7) is 1.78. The second-order valence-electron chi connectivity index (χ2n) is 3.48. The molecule has 0 radical (unpaired) electrons. The zero-order chi connectivity index (χ0) is 12.6. The quantitative estimate of drug-likeness (QED) is 0.691. The molecule has 0 spiro atoms. The summed E-state index contributed by atoms with van der Waals surface area (Å²) >= 11 is 5.39. The van der Waals surface area contributed by atoms with E-state index in [9.17, 15) is 8.42 Å². The SMILES string of the molecule is Cc1c(I)cc(Br)n1S(=O)(=O)c1ccccc1. The maximum Gasteiger partial charge on any atom is 0.268 e. The lowest BCUT2D eigenvalue weighted by atomic mass is 10.4. The molecule has 0 saturated heterocycles. The van der Waals surface area contributed by atoms with E-state index in [0.29, 0.717) is 10.3 Å². The van der Waals surface area contributed by atoms with E-state index < -0.39 is 10.0 Å². The van der Waals surface area contributed by atoms with Crippen LogP contribution in [-0.2, 0) is 10.0 Å². The molecule has 1 aromatic carbocycles. The summed E-state index contributed by atoms with van der Waals surface area (Å²) < 4.78 is 27.6. The third kappa shape index (κ3) is 2.30. The summed E-state index contributed by atoms with van der Waals surface area (Å²) in [5.74, 6) is 0. The number of nitrogens with zero attached hydrogens (tertiary/aromatic N) is 1. The molecule has 2 rings (SSSR count). The van der Waals surface area contributed by atoms with Crippen molar-refractivity contribution in [3.63, 3.8) is 0 Å². The van der Waals surface area contributed by atoms with Crippen molar-refractivity contribution >= 4 is 48.5 Å². The Labute approximate surface area is 122 Å². The molecule has 0 amide bonds. The maximum atomic E-state index is 12.4. The lowest BCUT2D eigenvalue weighted by molar-refractivity contribution is 0.585. The van der Waals surface area contributed by atoms with Crippen LogP contribution in [0.1, 0.15) is 5.69 Å². The van der Waals surface area contributed by atoms with Crippen LogP contribution in [0.25, 0.3) is 0 Å². The summed E-state index contributed by atoms with van der Waals surface area (Å²) in [5, 5.41) is 0. The molecule has 0 saturated carbocycles. The van der Waals surface area contributed by atoms with Crippen LogP contribution in [0.5, 0.6) is 0 Å². The maximum absolute atomic E-state index is 12.4. The number of benzene rings is 1. The second-order valence-corrected chi connectivity index (χ2v) is 7.24. The lowest BCUT2D eigenvalue weighted by Crippen LogP contribution is -2.14. The van der Waals surface area contributed by atoms with Crippen molar-refractivity contribution in [2.45, 2.75) is 11.8 Å². The van der Waals surface area contributed by atoms with Gasteiger partial charge in [-0.15, -0.1) is 0 Å². The van der Waals surface area contributed by atoms with E-state index in [1.165, 1.54) is 3.97 Å². The van der Waals surface area contributed by atoms with Gasteiger partial charge in [0, 0.05) is 9.26 Å². The predicted molar refractivity (Wildman–Crippen MR) is 78.6 cm³/mol. The highest BCUT2D eigenvalue weighted by Gasteiger charge is 2.22. The first kappa shape index (κ1) is 13.1. The summed E-state index contributed by atoms with van der Waals surface area (Å²) in [6, 6.07) is 10.2. The van der Waals surface area contributed by atoms with E-state index in [2.05, 4.69) is 38.5 Å². The summed E-state index contributed by atoms with van der Waals surface area (Å²) in [7, 11) is -3.51. The Hall–Kier alpha value is -0.340. The minimum absolute atomic E-state index is 0.288. The zero-order valence-electron chi connectivity index (χ0n) is 8.89. The van der Waals surface area contributed by atoms with Crippen LogP contribution < -0.4 is 0 Å². The van der Waals surface area contributed by atoms with Gasteiger partial charge in [0.1, 0.15) is 4.60 Å². The van der Waals surface area contributed by atoms with Crippen molar-refractivity contribution < 1.29 is 8.42 Å². The van der Waals surface area contributed by atoms with Crippen LogP contribution in [0.15, 0.2) is 45.9 Å². The Bertz CT molecular complexity index is 650. The number of aromatic nitrogens is 1. The highest BCUT2D eigenvalue weighted by atomic mass is 127. The first-order valence-electron chi connectivity index (χ1n) is 4.78. The van der Waals surface area contributed by atoms with Gasteiger partial charge in [0.25, 0.3) is 10.0 Å². The molecular formula is C11H9BrINO2S. The van der Waals surface area contributed by atoms with E-state index in [4.69, 9.17) is 0 Å². The Balaban J connectivity index is 2.69. The Morgan fingerprint density at radius 2 is 1.82 bits per heavy atom. The molecule has 2 aromatic rings. The number of halogens is 2. The van der Waals surface area contributed by atoms with Crippen molar-refractivity contribution in [3.8, 4) is 0 Å². The van der Waals surface area contributed by atoms with E-state index in [1.54, 1.807) is 43.3 Å². The predicted octanol–water partition coefficient (Wildman–Crippen LogP) is 3.40. The van der Waals surface area contributed by atoms with Crippen molar-refractivity contribution in [3.05, 3.63) is 50.3 Å². The van der Waals surface area contributed by atoms with Crippen LogP contribution in [0, 0.1) is 10.5 Å². The molecule has 0 bridgehead atoms. The fourth-order valence-corrected chi connectivity index (χ4v) is 5.17. The van der Waals surface area contributed by atoms with Gasteiger partial charge in [0.05, 0.1) is 4.90 Å². The molecule has 1 aromatic heterocycles. The van der Waals surface area contributed by atoms with Gasteiger partial charge in [-0.1, -0.05) is 18.2 Å². The van der Waals surface area contributed by atoms with Gasteiger partial charge in [0.2, 0.25) is 0 Å². The number of hydrogen-bond acceptors (Lipinski definition) is 2. The summed E-state index contributed by atoms with van der Waals surface area (Å²) in [6.07, 6.45) is 0. The van der Waals surface area contributed by atoms with Gasteiger partial charge < -0.3 is 0 Å². The first-order valence-corrected chi connectivity index (χ1v) is 8.10. The monoisotopic (exact) mass is 425 g/mol. The molecule has 0 fully saturated rings. The highest BCUT2D eigenvalue weighted by molar-refractivity contribution is 14.1. The molecular weight excluding hydrogens is 417 g/mol. The van der Waals surface area contributed by atoms with Crippen LogP contribution in [-0.4, -0.2) is 12.4 Å². The molecule has 0 aliphatic heterocycles. The lowest BCUT2D eigenvalue weighted by Gasteiger charge is -2.09. The van der Waals surface area contributed by atoms with Crippen LogP contribution in [0.2, 0.25) is 0 Å². The van der Waals surface area contributed by atoms with Crippen molar-refractivity contribution in [1.82, 2.24) is 3.97 Å². The van der Waals surface area contributed by atoms with E-state index in [1.807, 2.05) is 0 Å². The highest BCUT2D eigenvalue weighted by Crippen LogP contribution is 2.27. The van der Waals surface area contributed by atoms with Gasteiger partial charge in [-0.05, 0) is 63.6 Å². The normalized spacial score (nSPS) is 11.7. The van der Waals surface area contributed by atoms with Crippen molar-refractivity contribution in [2.75, 3.05) is 0 Å². The van der Waals surface area contributed by atoms with Crippen LogP contribution >= 0.6 is 38.5 Å². The second kappa shape index (κ2) is 4.74. The molecule has 0 N–H and O–H groups in total. The fourth-order valence-electron chi connectivity index (χ4n) is 1.52. The molecule has 1 heterocycles. The Morgan fingerprint density at radius 3 is 2.29 bits per heavy atom. The van der Waals surface area contributed by atoms with Crippen molar-refractivity contribution in [2.24, 2.45) is 0 Å². The Kier molecular flexibility index (Phi) is 3.65. The molecule has 0 aliphatic rings. The average Bonchev–Trinajstić information content (AvgIpc) is 2.54. The van der Waals surface area contributed by atoms with Gasteiger partial charge >= 0.3 is 0 Å². The van der Waals surface area contributed by atoms with Gasteiger partial charge in [-0.25, -0.2) is 12.4 Å². The van der Waals surface area contributed by atoms with Crippen molar-refractivity contribution in [1.29, 1.82) is 0 Å². The topological polar surface area (TPSA) is 39.1 Å². The van der Waals surface area contributed by atoms with Gasteiger partial charge in [0.15, 0.2) is 0 Å². The number of rotatable bonds is 2. The first-order chi connectivity index (χ1) is 7.94. The molecule has 0 aliphatic carbocycles. The molecule has 6 heteroatoms. The van der Waals surface area contributed by atoms with Gasteiger partial charge in [-0.3, -0.25) is 0 Å². The zero-order valence-corrected chi connectivity index (χ0v) is 13.5. The smallest absolute Gasteiger partial charge is 0.231 e. The summed E-state index contributed by atoms with van der Waals surface area (Å²) in [4.78, 5) is 0.288. The van der Waals surface area contributed by atoms with E-state index >= 15 is 0 Å². The van der Waals surface area contributed by atoms with Crippen LogP contribution in [0.4, 0.5) is 0 Å².